The number of halogens is 1. The number of H-pyrrole nitrogens is 1. The third kappa shape index (κ3) is 4.42. The maximum Gasteiger partial charge on any atom is 0.229 e. The normalized spacial score (nSPS) is 19.4. The van der Waals surface area contributed by atoms with Gasteiger partial charge in [0, 0.05) is 27.5 Å². The zero-order valence-electron chi connectivity index (χ0n) is 16.8. The first-order valence-electron chi connectivity index (χ1n) is 10.0. The van der Waals surface area contributed by atoms with Gasteiger partial charge >= 0.3 is 0 Å². The molecule has 0 unspecified atom stereocenters. The van der Waals surface area contributed by atoms with Crippen LogP contribution in [-0.2, 0) is 6.54 Å². The van der Waals surface area contributed by atoms with Gasteiger partial charge in [-0.05, 0) is 32.0 Å². The van der Waals surface area contributed by atoms with E-state index in [1.807, 2.05) is 36.6 Å². The molecule has 1 fully saturated rings. The lowest BCUT2D eigenvalue weighted by Crippen LogP contribution is -3.27. The Morgan fingerprint density at radius 2 is 1.83 bits per heavy atom. The number of carbonyl (C=O) groups excluding carboxylic acids is 1. The van der Waals surface area contributed by atoms with Gasteiger partial charge in [0.05, 0.1) is 0 Å². The molecule has 0 aliphatic carbocycles. The first kappa shape index (κ1) is 19.8. The fraction of sp³-hybridized carbons (Fsp3) is 0.381. The molecule has 4 rings (SSSR count). The van der Waals surface area contributed by atoms with Gasteiger partial charge in [0.25, 0.3) is 0 Å². The molecular weight excluding hydrogens is 388 g/mol. The van der Waals surface area contributed by atoms with Gasteiger partial charge in [0.1, 0.15) is 45.6 Å². The smallest absolute Gasteiger partial charge is 0.229 e. The molecule has 0 saturated carbocycles. The Morgan fingerprint density at radius 1 is 1.14 bits per heavy atom. The molecule has 3 heterocycles. The Balaban J connectivity index is 1.34. The molecule has 8 heteroatoms. The molecular formula is C21H27ClN6O+2. The molecule has 7 nitrogen and oxygen atoms in total. The lowest BCUT2D eigenvalue weighted by atomic mass is 10.1. The molecule has 0 amide bonds. The Hall–Kier alpha value is -2.48. The number of hydrogen-bond acceptors (Lipinski definition) is 3. The number of benzene rings is 1. The van der Waals surface area contributed by atoms with Crippen molar-refractivity contribution in [1.82, 2.24) is 19.7 Å². The van der Waals surface area contributed by atoms with Crippen molar-refractivity contribution in [3.05, 3.63) is 64.2 Å². The molecule has 29 heavy (non-hydrogen) atoms. The second kappa shape index (κ2) is 8.49. The first-order valence-corrected chi connectivity index (χ1v) is 10.4. The van der Waals surface area contributed by atoms with E-state index in [-0.39, 0.29) is 5.78 Å². The standard InChI is InChI=1S/C21H25ClN6O/c1-15-11-19(16(2)28(15)21-23-14-24-25-21)20(29)13-27-9-7-26(8-10-27)12-17-3-5-18(22)6-4-17/h3-6,11,14H,7-10,12-13H2,1-2H3,(H,23,24,25)/p+2. The van der Waals surface area contributed by atoms with Gasteiger partial charge in [-0.1, -0.05) is 23.7 Å². The van der Waals surface area contributed by atoms with Gasteiger partial charge in [-0.2, -0.15) is 10.1 Å². The highest BCUT2D eigenvalue weighted by atomic mass is 35.5. The monoisotopic (exact) mass is 414 g/mol. The van der Waals surface area contributed by atoms with E-state index in [9.17, 15) is 4.79 Å². The summed E-state index contributed by atoms with van der Waals surface area (Å²) in [6, 6.07) is 10.1. The molecule has 0 radical (unpaired) electrons. The van der Waals surface area contributed by atoms with Crippen LogP contribution in [0, 0.1) is 13.8 Å². The minimum Gasteiger partial charge on any atom is -0.322 e. The highest BCUT2D eigenvalue weighted by Gasteiger charge is 2.27. The fourth-order valence-corrected chi connectivity index (χ4v) is 4.33. The van der Waals surface area contributed by atoms with Crippen LogP contribution in [0.5, 0.6) is 0 Å². The molecule has 0 bridgehead atoms. The van der Waals surface area contributed by atoms with Crippen LogP contribution in [0.15, 0.2) is 36.7 Å². The SMILES string of the molecule is Cc1cc(C(=O)C[NH+]2CC[NH+](Cc3ccc(Cl)cc3)CC2)c(C)n1-c1ncn[nH]1. The van der Waals surface area contributed by atoms with Crippen LogP contribution in [0.1, 0.15) is 27.3 Å². The summed E-state index contributed by atoms with van der Waals surface area (Å²) >= 11 is 5.97. The van der Waals surface area contributed by atoms with Gasteiger partial charge in [-0.25, -0.2) is 5.10 Å². The number of hydrogen-bond donors (Lipinski definition) is 3. The van der Waals surface area contributed by atoms with Crippen molar-refractivity contribution in [2.24, 2.45) is 0 Å². The van der Waals surface area contributed by atoms with Crippen molar-refractivity contribution >= 4 is 17.4 Å². The molecule has 1 aliphatic rings. The topological polar surface area (TPSA) is 72.5 Å². The van der Waals surface area contributed by atoms with Gasteiger partial charge in [-0.15, -0.1) is 0 Å². The van der Waals surface area contributed by atoms with Crippen LogP contribution >= 0.6 is 11.6 Å². The Morgan fingerprint density at radius 3 is 2.48 bits per heavy atom. The molecule has 3 aromatic rings. The number of aromatic amines is 1. The summed E-state index contributed by atoms with van der Waals surface area (Å²) in [5, 5.41) is 7.56. The number of Topliss-reactive ketones (excluding diaryl/α,β-unsaturated/α-hetero) is 1. The molecule has 2 aromatic heterocycles. The summed E-state index contributed by atoms with van der Waals surface area (Å²) in [4.78, 5) is 20.1. The second-order valence-electron chi connectivity index (χ2n) is 7.83. The number of ketones is 1. The number of piperazine rings is 1. The largest absolute Gasteiger partial charge is 0.322 e. The number of aryl methyl sites for hydroxylation is 1. The lowest BCUT2D eigenvalue weighted by Gasteiger charge is -2.29. The first-order chi connectivity index (χ1) is 14.0. The van der Waals surface area contributed by atoms with Crippen molar-refractivity contribution in [2.45, 2.75) is 20.4 Å². The van der Waals surface area contributed by atoms with Crippen molar-refractivity contribution in [3.8, 4) is 5.95 Å². The van der Waals surface area contributed by atoms with E-state index in [0.717, 1.165) is 54.7 Å². The zero-order chi connectivity index (χ0) is 20.4. The predicted octanol–water partition coefficient (Wildman–Crippen LogP) is 0.0319. The van der Waals surface area contributed by atoms with E-state index in [0.29, 0.717) is 12.5 Å². The van der Waals surface area contributed by atoms with Crippen LogP contribution in [-0.4, -0.2) is 58.3 Å². The number of nitrogens with one attached hydrogen (secondary N) is 3. The van der Waals surface area contributed by atoms with E-state index in [1.54, 1.807) is 4.90 Å². The van der Waals surface area contributed by atoms with E-state index in [1.165, 1.54) is 16.8 Å². The Labute approximate surface area is 175 Å². The van der Waals surface area contributed by atoms with E-state index in [4.69, 9.17) is 11.6 Å². The minimum absolute atomic E-state index is 0.194. The lowest BCUT2D eigenvalue weighted by molar-refractivity contribution is -1.01. The number of rotatable bonds is 6. The number of quaternary nitrogens is 2. The molecule has 152 valence electrons. The number of nitrogens with zero attached hydrogens (tertiary/aromatic N) is 3. The molecule has 0 spiro atoms. The number of carbonyl (C=O) groups is 1. The summed E-state index contributed by atoms with van der Waals surface area (Å²) in [5.74, 6) is 0.839. The van der Waals surface area contributed by atoms with E-state index in [2.05, 4.69) is 27.3 Å². The fourth-order valence-electron chi connectivity index (χ4n) is 4.20. The summed E-state index contributed by atoms with van der Waals surface area (Å²) in [7, 11) is 0. The third-order valence-corrected chi connectivity index (χ3v) is 6.04. The van der Waals surface area contributed by atoms with Crippen molar-refractivity contribution in [1.29, 1.82) is 0 Å². The molecule has 1 saturated heterocycles. The molecule has 1 aromatic carbocycles. The zero-order valence-corrected chi connectivity index (χ0v) is 17.6. The van der Waals surface area contributed by atoms with E-state index >= 15 is 0 Å². The second-order valence-corrected chi connectivity index (χ2v) is 8.27. The van der Waals surface area contributed by atoms with Crippen LogP contribution in [0.2, 0.25) is 5.02 Å². The summed E-state index contributed by atoms with van der Waals surface area (Å²) in [6.07, 6.45) is 1.48. The maximum absolute atomic E-state index is 13.0. The highest BCUT2D eigenvalue weighted by molar-refractivity contribution is 6.30. The molecule has 0 atom stereocenters. The van der Waals surface area contributed by atoms with Crippen molar-refractivity contribution in [3.63, 3.8) is 0 Å². The third-order valence-electron chi connectivity index (χ3n) is 5.79. The van der Waals surface area contributed by atoms with Crippen LogP contribution in [0.4, 0.5) is 0 Å². The van der Waals surface area contributed by atoms with Crippen molar-refractivity contribution < 1.29 is 14.6 Å². The van der Waals surface area contributed by atoms with Crippen LogP contribution in [0.3, 0.4) is 0 Å². The Kier molecular flexibility index (Phi) is 5.80. The van der Waals surface area contributed by atoms with Crippen LogP contribution in [0.25, 0.3) is 5.95 Å². The van der Waals surface area contributed by atoms with E-state index < -0.39 is 0 Å². The number of aromatic nitrogens is 4. The summed E-state index contributed by atoms with van der Waals surface area (Å²) in [5.41, 5.74) is 3.98. The average molecular weight is 415 g/mol. The Bertz CT molecular complexity index is 972. The molecule has 3 N–H and O–H groups in total. The van der Waals surface area contributed by atoms with Gasteiger partial charge < -0.3 is 9.80 Å². The van der Waals surface area contributed by atoms with Crippen molar-refractivity contribution in [2.75, 3.05) is 32.7 Å². The van der Waals surface area contributed by atoms with Gasteiger partial charge in [-0.3, -0.25) is 9.36 Å². The molecule has 1 aliphatic heterocycles. The average Bonchev–Trinajstić information content (AvgIpc) is 3.33. The quantitative estimate of drug-likeness (QED) is 0.498. The predicted molar refractivity (Wildman–Crippen MR) is 111 cm³/mol. The highest BCUT2D eigenvalue weighted by Crippen LogP contribution is 2.18. The summed E-state index contributed by atoms with van der Waals surface area (Å²) < 4.78 is 1.95. The van der Waals surface area contributed by atoms with Crippen LogP contribution < -0.4 is 9.80 Å². The van der Waals surface area contributed by atoms with Gasteiger partial charge in [0.2, 0.25) is 11.7 Å². The summed E-state index contributed by atoms with van der Waals surface area (Å²) in [6.45, 7) is 9.66. The minimum atomic E-state index is 0.194. The van der Waals surface area contributed by atoms with Gasteiger partial charge in [0.15, 0.2) is 0 Å². The maximum atomic E-state index is 13.0.